The summed E-state index contributed by atoms with van der Waals surface area (Å²) in [5, 5.41) is 18.0. The summed E-state index contributed by atoms with van der Waals surface area (Å²) in [6.07, 6.45) is 1.23. The summed E-state index contributed by atoms with van der Waals surface area (Å²) >= 11 is 8.15. The number of nitrogens with zero attached hydrogens (tertiary/aromatic N) is 1. The van der Waals surface area contributed by atoms with Crippen molar-refractivity contribution in [3.8, 4) is 45.1 Å². The number of halogens is 1. The number of carbonyl (C=O) groups excluding carboxylic acids is 3. The lowest BCUT2D eigenvalue weighted by Crippen LogP contribution is -2.53. The second kappa shape index (κ2) is 14.8. The summed E-state index contributed by atoms with van der Waals surface area (Å²) in [6, 6.07) is 12.3. The molecular formula is C38H37ClN2O10S. The van der Waals surface area contributed by atoms with E-state index < -0.39 is 40.7 Å². The molecule has 272 valence electrons. The monoisotopic (exact) mass is 748 g/mol. The van der Waals surface area contributed by atoms with Crippen LogP contribution in [0.1, 0.15) is 47.2 Å². The Bertz CT molecular complexity index is 2060. The SMILES string of the molecule is COc1cc(OC)c2c(c1Cl)OC1(C2=O)C(O)=C(C(CC(=O)NCc2cccc(-c3nccs3)c2)c2cc(OC)c(OC)c(OC)c2)C(=O)CC1C. The highest BCUT2D eigenvalue weighted by Crippen LogP contribution is 2.56. The van der Waals surface area contributed by atoms with Crippen molar-refractivity contribution >= 4 is 40.4 Å². The number of ketones is 2. The van der Waals surface area contributed by atoms with Crippen LogP contribution in [0.5, 0.6) is 34.5 Å². The van der Waals surface area contributed by atoms with E-state index in [0.29, 0.717) is 5.56 Å². The fourth-order valence-electron chi connectivity index (χ4n) is 6.87. The minimum Gasteiger partial charge on any atom is -0.507 e. The van der Waals surface area contributed by atoms with Gasteiger partial charge in [0.15, 0.2) is 28.8 Å². The molecule has 52 heavy (non-hydrogen) atoms. The van der Waals surface area contributed by atoms with E-state index in [2.05, 4.69) is 10.3 Å². The number of allylic oxidation sites excluding steroid dienone is 1. The molecule has 0 saturated carbocycles. The van der Waals surface area contributed by atoms with Crippen molar-refractivity contribution in [1.29, 1.82) is 0 Å². The quantitative estimate of drug-likeness (QED) is 0.159. The number of thiazole rings is 1. The molecule has 4 aromatic rings. The molecule has 2 aliphatic rings. The number of ether oxygens (including phenoxy) is 6. The Morgan fingerprint density at radius 2 is 1.71 bits per heavy atom. The summed E-state index contributed by atoms with van der Waals surface area (Å²) in [6.45, 7) is 1.81. The van der Waals surface area contributed by atoms with Crippen LogP contribution < -0.4 is 33.7 Å². The van der Waals surface area contributed by atoms with Gasteiger partial charge in [-0.3, -0.25) is 14.4 Å². The molecule has 0 radical (unpaired) electrons. The highest BCUT2D eigenvalue weighted by molar-refractivity contribution is 7.13. The zero-order valence-corrected chi connectivity index (χ0v) is 30.9. The van der Waals surface area contributed by atoms with Gasteiger partial charge in [-0.05, 0) is 29.3 Å². The molecule has 0 fully saturated rings. The zero-order valence-electron chi connectivity index (χ0n) is 29.3. The molecule has 2 heterocycles. The van der Waals surface area contributed by atoms with E-state index in [1.807, 2.05) is 29.6 Å². The summed E-state index contributed by atoms with van der Waals surface area (Å²) < 4.78 is 34.0. The minimum atomic E-state index is -2.06. The van der Waals surface area contributed by atoms with Crippen molar-refractivity contribution < 1.29 is 47.9 Å². The molecule has 1 aliphatic heterocycles. The normalized spacial score (nSPS) is 18.5. The Labute approximate surface area is 309 Å². The summed E-state index contributed by atoms with van der Waals surface area (Å²) in [7, 11) is 7.12. The van der Waals surface area contributed by atoms with Gasteiger partial charge in [-0.25, -0.2) is 4.98 Å². The lowest BCUT2D eigenvalue weighted by molar-refractivity contribution is -0.122. The van der Waals surface area contributed by atoms with Gasteiger partial charge in [-0.15, -0.1) is 11.3 Å². The topological polar surface area (TPSA) is 152 Å². The first-order valence-corrected chi connectivity index (χ1v) is 17.5. The molecule has 2 N–H and O–H groups in total. The first-order valence-electron chi connectivity index (χ1n) is 16.2. The fourth-order valence-corrected chi connectivity index (χ4v) is 7.77. The summed E-state index contributed by atoms with van der Waals surface area (Å²) in [5.74, 6) is -3.04. The third-order valence-corrected chi connectivity index (χ3v) is 10.6. The van der Waals surface area contributed by atoms with Crippen molar-refractivity contribution in [3.05, 3.63) is 87.1 Å². The fraction of sp³-hybridized carbons (Fsp3) is 0.316. The average Bonchev–Trinajstić information content (AvgIpc) is 3.80. The largest absolute Gasteiger partial charge is 0.507 e. The maximum Gasteiger partial charge on any atom is 0.231 e. The van der Waals surface area contributed by atoms with E-state index in [4.69, 9.17) is 40.0 Å². The van der Waals surface area contributed by atoms with Crippen molar-refractivity contribution in [1.82, 2.24) is 10.3 Å². The van der Waals surface area contributed by atoms with Crippen LogP contribution in [-0.2, 0) is 16.1 Å². The molecule has 14 heteroatoms. The number of hydrogen-bond donors (Lipinski definition) is 2. The van der Waals surface area contributed by atoms with Crippen LogP contribution in [0.2, 0.25) is 5.02 Å². The number of benzene rings is 3. The molecule has 1 aromatic heterocycles. The van der Waals surface area contributed by atoms with E-state index in [-0.39, 0.29) is 70.0 Å². The number of aliphatic hydroxyl groups excluding tert-OH is 1. The second-order valence-electron chi connectivity index (χ2n) is 12.3. The summed E-state index contributed by atoms with van der Waals surface area (Å²) in [5.41, 5.74) is -0.0939. The number of nitrogens with one attached hydrogen (secondary N) is 1. The number of carbonyl (C=O) groups is 3. The molecule has 1 aliphatic carbocycles. The highest BCUT2D eigenvalue weighted by atomic mass is 35.5. The molecule has 0 saturated heterocycles. The van der Waals surface area contributed by atoms with Gasteiger partial charge < -0.3 is 38.8 Å². The Hall–Kier alpha value is -5.27. The molecule has 1 amide bonds. The Kier molecular flexibility index (Phi) is 10.4. The highest BCUT2D eigenvalue weighted by Gasteiger charge is 2.61. The maximum absolute atomic E-state index is 14.5. The van der Waals surface area contributed by atoms with Crippen molar-refractivity contribution in [2.24, 2.45) is 5.92 Å². The third-order valence-electron chi connectivity index (χ3n) is 9.43. The molecule has 0 bridgehead atoms. The van der Waals surface area contributed by atoms with Crippen LogP contribution in [0.4, 0.5) is 0 Å². The van der Waals surface area contributed by atoms with Gasteiger partial charge in [-0.1, -0.05) is 36.7 Å². The number of hydrogen-bond acceptors (Lipinski definition) is 12. The van der Waals surface area contributed by atoms with Crippen molar-refractivity contribution in [3.63, 3.8) is 0 Å². The average molecular weight is 749 g/mol. The number of rotatable bonds is 12. The lowest BCUT2D eigenvalue weighted by atomic mass is 9.69. The van der Waals surface area contributed by atoms with Gasteiger partial charge in [0, 0.05) is 60.0 Å². The number of fused-ring (bicyclic) bond motifs is 1. The smallest absolute Gasteiger partial charge is 0.231 e. The van der Waals surface area contributed by atoms with Crippen LogP contribution >= 0.6 is 22.9 Å². The van der Waals surface area contributed by atoms with E-state index in [9.17, 15) is 19.5 Å². The van der Waals surface area contributed by atoms with Crippen LogP contribution in [0.3, 0.4) is 0 Å². The van der Waals surface area contributed by atoms with Crippen LogP contribution in [0.15, 0.2) is 65.4 Å². The number of methoxy groups -OCH3 is 5. The third kappa shape index (κ3) is 6.17. The molecule has 3 aromatic carbocycles. The number of Topliss-reactive ketones (excluding diaryl/α,β-unsaturated/α-hetero) is 2. The molecule has 12 nitrogen and oxygen atoms in total. The molecule has 6 rings (SSSR count). The van der Waals surface area contributed by atoms with Crippen LogP contribution in [-0.4, -0.2) is 68.7 Å². The second-order valence-corrected chi connectivity index (χ2v) is 13.6. The maximum atomic E-state index is 14.5. The number of amides is 1. The zero-order chi connectivity index (χ0) is 37.3. The van der Waals surface area contributed by atoms with Gasteiger partial charge in [0.25, 0.3) is 0 Å². The molecule has 3 unspecified atom stereocenters. The Morgan fingerprint density at radius 1 is 1.02 bits per heavy atom. The van der Waals surface area contributed by atoms with Crippen LogP contribution in [0.25, 0.3) is 10.6 Å². The minimum absolute atomic E-state index is 0.00135. The van der Waals surface area contributed by atoms with Gasteiger partial charge in [0.2, 0.25) is 23.0 Å². The Morgan fingerprint density at radius 3 is 2.33 bits per heavy atom. The number of aliphatic hydroxyl groups is 1. The van der Waals surface area contributed by atoms with E-state index in [0.717, 1.165) is 16.1 Å². The lowest BCUT2D eigenvalue weighted by Gasteiger charge is -2.38. The van der Waals surface area contributed by atoms with Crippen molar-refractivity contribution in [2.75, 3.05) is 35.5 Å². The van der Waals surface area contributed by atoms with Gasteiger partial charge in [0.1, 0.15) is 27.1 Å². The van der Waals surface area contributed by atoms with Crippen molar-refractivity contribution in [2.45, 2.75) is 37.8 Å². The predicted molar refractivity (Wildman–Crippen MR) is 194 cm³/mol. The van der Waals surface area contributed by atoms with Crippen LogP contribution in [0, 0.1) is 5.92 Å². The van der Waals surface area contributed by atoms with Gasteiger partial charge in [-0.2, -0.15) is 0 Å². The van der Waals surface area contributed by atoms with E-state index in [1.54, 1.807) is 25.3 Å². The number of aromatic nitrogens is 1. The molecule has 1 spiro atoms. The molecule has 3 atom stereocenters. The Balaban J connectivity index is 1.45. The summed E-state index contributed by atoms with van der Waals surface area (Å²) in [4.78, 5) is 46.8. The van der Waals surface area contributed by atoms with Gasteiger partial charge in [0.05, 0.1) is 35.5 Å². The first-order chi connectivity index (χ1) is 25.0. The first kappa shape index (κ1) is 36.5. The molecular weight excluding hydrogens is 712 g/mol. The van der Waals surface area contributed by atoms with E-state index in [1.165, 1.54) is 53.0 Å². The van der Waals surface area contributed by atoms with Gasteiger partial charge >= 0.3 is 0 Å². The van der Waals surface area contributed by atoms with E-state index >= 15 is 0 Å². The standard InChI is InChI=1S/C38H37ClN2O10S/c1-19-12-24(42)30(35(44)38(19)36(45)31-25(46-2)17-26(47-3)32(39)34(31)51-38)23(22-14-27(48-4)33(50-6)28(15-22)49-5)16-29(43)41-18-20-8-7-9-21(13-20)37-40-10-11-52-37/h7-11,13-15,17,19,23,44H,12,16,18H2,1-6H3,(H,41,43). The predicted octanol–water partition coefficient (Wildman–Crippen LogP) is 6.73.